The lowest BCUT2D eigenvalue weighted by Gasteiger charge is -2.16. The van der Waals surface area contributed by atoms with Crippen LogP contribution in [0.1, 0.15) is 29.4 Å². The maximum absolute atomic E-state index is 4.60. The number of aromatic nitrogens is 4. The van der Waals surface area contributed by atoms with Crippen LogP contribution in [-0.4, -0.2) is 38.2 Å². The van der Waals surface area contributed by atoms with Crippen LogP contribution in [0.3, 0.4) is 0 Å². The van der Waals surface area contributed by atoms with Gasteiger partial charge >= 0.3 is 0 Å². The average Bonchev–Trinajstić information content (AvgIpc) is 3.26. The predicted molar refractivity (Wildman–Crippen MR) is 93.4 cm³/mol. The summed E-state index contributed by atoms with van der Waals surface area (Å²) < 4.78 is 0. The van der Waals surface area contributed by atoms with Crippen molar-refractivity contribution >= 4 is 0 Å². The number of hydrogen-bond acceptors (Lipinski definition) is 4. The SMILES string of the molecule is Cc1ccnc([C@H]2CCN(Cc3cn[nH]c3-c3ccccc3)C2)n1. The van der Waals surface area contributed by atoms with Crippen molar-refractivity contribution in [1.82, 2.24) is 25.1 Å². The summed E-state index contributed by atoms with van der Waals surface area (Å²) in [7, 11) is 0. The first kappa shape index (κ1) is 15.0. The maximum Gasteiger partial charge on any atom is 0.132 e. The Labute approximate surface area is 141 Å². The van der Waals surface area contributed by atoms with E-state index in [1.165, 1.54) is 11.1 Å². The molecular formula is C19H21N5. The third-order valence-corrected chi connectivity index (χ3v) is 4.63. The predicted octanol–water partition coefficient (Wildman–Crippen LogP) is 3.16. The zero-order chi connectivity index (χ0) is 16.4. The highest BCUT2D eigenvalue weighted by Crippen LogP contribution is 2.28. The highest BCUT2D eigenvalue weighted by atomic mass is 15.2. The van der Waals surface area contributed by atoms with Crippen molar-refractivity contribution in [3.63, 3.8) is 0 Å². The molecule has 2 aromatic heterocycles. The minimum absolute atomic E-state index is 0.428. The first-order chi connectivity index (χ1) is 11.8. The Balaban J connectivity index is 1.47. The molecule has 1 N–H and O–H groups in total. The highest BCUT2D eigenvalue weighted by Gasteiger charge is 2.26. The van der Waals surface area contributed by atoms with Gasteiger partial charge in [-0.25, -0.2) is 9.97 Å². The van der Waals surface area contributed by atoms with Crippen molar-refractivity contribution < 1.29 is 0 Å². The van der Waals surface area contributed by atoms with Gasteiger partial charge in [-0.15, -0.1) is 0 Å². The zero-order valence-corrected chi connectivity index (χ0v) is 13.8. The number of rotatable bonds is 4. The van der Waals surface area contributed by atoms with Crippen molar-refractivity contribution in [2.24, 2.45) is 0 Å². The number of hydrogen-bond donors (Lipinski definition) is 1. The number of aromatic amines is 1. The molecule has 0 aliphatic carbocycles. The molecule has 1 aromatic carbocycles. The summed E-state index contributed by atoms with van der Waals surface area (Å²) in [5.74, 6) is 1.41. The van der Waals surface area contributed by atoms with Gasteiger partial charge in [0.15, 0.2) is 0 Å². The van der Waals surface area contributed by atoms with E-state index < -0.39 is 0 Å². The topological polar surface area (TPSA) is 57.7 Å². The molecule has 3 heterocycles. The number of benzene rings is 1. The van der Waals surface area contributed by atoms with Gasteiger partial charge < -0.3 is 0 Å². The average molecular weight is 319 g/mol. The number of H-pyrrole nitrogens is 1. The molecule has 0 bridgehead atoms. The van der Waals surface area contributed by atoms with E-state index in [9.17, 15) is 0 Å². The van der Waals surface area contributed by atoms with Gasteiger partial charge in [0, 0.05) is 36.5 Å². The third kappa shape index (κ3) is 3.08. The monoisotopic (exact) mass is 319 g/mol. The number of aryl methyl sites for hydroxylation is 1. The molecule has 0 amide bonds. The van der Waals surface area contributed by atoms with Crippen LogP contribution in [0.5, 0.6) is 0 Å². The van der Waals surface area contributed by atoms with Gasteiger partial charge in [-0.1, -0.05) is 30.3 Å². The molecule has 5 nitrogen and oxygen atoms in total. The smallest absolute Gasteiger partial charge is 0.132 e. The normalized spacial score (nSPS) is 18.1. The largest absolute Gasteiger partial charge is 0.298 e. The van der Waals surface area contributed by atoms with Crippen LogP contribution >= 0.6 is 0 Å². The maximum atomic E-state index is 4.60. The van der Waals surface area contributed by atoms with Crippen LogP contribution < -0.4 is 0 Å². The summed E-state index contributed by atoms with van der Waals surface area (Å²) in [6.45, 7) is 5.00. The van der Waals surface area contributed by atoms with Gasteiger partial charge in [0.25, 0.3) is 0 Å². The van der Waals surface area contributed by atoms with E-state index in [-0.39, 0.29) is 0 Å². The molecule has 0 unspecified atom stereocenters. The summed E-state index contributed by atoms with van der Waals surface area (Å²) in [6, 6.07) is 12.3. The Kier molecular flexibility index (Phi) is 4.09. The summed E-state index contributed by atoms with van der Waals surface area (Å²) in [5.41, 5.74) is 4.58. The Bertz CT molecular complexity index is 811. The molecule has 1 fully saturated rings. The van der Waals surface area contributed by atoms with Gasteiger partial charge in [0.1, 0.15) is 5.82 Å². The van der Waals surface area contributed by atoms with E-state index in [4.69, 9.17) is 0 Å². The minimum atomic E-state index is 0.428. The molecule has 1 saturated heterocycles. The van der Waals surface area contributed by atoms with E-state index in [1.807, 2.05) is 31.5 Å². The lowest BCUT2D eigenvalue weighted by Crippen LogP contribution is -2.20. The van der Waals surface area contributed by atoms with Crippen LogP contribution in [-0.2, 0) is 6.54 Å². The van der Waals surface area contributed by atoms with Crippen molar-refractivity contribution in [1.29, 1.82) is 0 Å². The van der Waals surface area contributed by atoms with Crippen LogP contribution in [0.15, 0.2) is 48.8 Å². The van der Waals surface area contributed by atoms with E-state index in [2.05, 4.69) is 49.3 Å². The molecule has 0 radical (unpaired) electrons. The summed E-state index contributed by atoms with van der Waals surface area (Å²) in [5, 5.41) is 7.40. The van der Waals surface area contributed by atoms with Gasteiger partial charge in [-0.05, 0) is 31.5 Å². The Morgan fingerprint density at radius 1 is 1.21 bits per heavy atom. The van der Waals surface area contributed by atoms with Crippen LogP contribution in [0.25, 0.3) is 11.3 Å². The third-order valence-electron chi connectivity index (χ3n) is 4.63. The standard InChI is InChI=1S/C19H21N5/c1-14-7-9-20-19(22-14)16-8-10-24(12-16)13-17-11-21-23-18(17)15-5-3-2-4-6-15/h2-7,9,11,16H,8,10,12-13H2,1H3,(H,21,23)/t16-/m0/s1. The van der Waals surface area contributed by atoms with Crippen LogP contribution in [0.4, 0.5) is 0 Å². The second-order valence-corrected chi connectivity index (χ2v) is 6.41. The number of likely N-dealkylation sites (tertiary alicyclic amines) is 1. The number of nitrogens with zero attached hydrogens (tertiary/aromatic N) is 4. The lowest BCUT2D eigenvalue weighted by molar-refractivity contribution is 0.326. The van der Waals surface area contributed by atoms with Gasteiger partial charge in [-0.2, -0.15) is 5.10 Å². The van der Waals surface area contributed by atoms with E-state index >= 15 is 0 Å². The van der Waals surface area contributed by atoms with E-state index in [0.29, 0.717) is 5.92 Å². The fourth-order valence-corrected chi connectivity index (χ4v) is 3.38. The van der Waals surface area contributed by atoms with Crippen LogP contribution in [0.2, 0.25) is 0 Å². The first-order valence-corrected chi connectivity index (χ1v) is 8.39. The van der Waals surface area contributed by atoms with Crippen molar-refractivity contribution in [3.05, 3.63) is 65.9 Å². The van der Waals surface area contributed by atoms with Crippen molar-refractivity contribution in [2.75, 3.05) is 13.1 Å². The van der Waals surface area contributed by atoms with Crippen molar-refractivity contribution in [2.45, 2.75) is 25.8 Å². The second-order valence-electron chi connectivity index (χ2n) is 6.41. The van der Waals surface area contributed by atoms with E-state index in [1.54, 1.807) is 0 Å². The summed E-state index contributed by atoms with van der Waals surface area (Å²) >= 11 is 0. The van der Waals surface area contributed by atoms with Crippen LogP contribution in [0, 0.1) is 6.92 Å². The molecule has 1 aliphatic rings. The van der Waals surface area contributed by atoms with Crippen molar-refractivity contribution in [3.8, 4) is 11.3 Å². The quantitative estimate of drug-likeness (QED) is 0.802. The molecule has 24 heavy (non-hydrogen) atoms. The Hall–Kier alpha value is -2.53. The van der Waals surface area contributed by atoms with Gasteiger partial charge in [-0.3, -0.25) is 10.00 Å². The summed E-state index contributed by atoms with van der Waals surface area (Å²) in [6.07, 6.45) is 4.92. The summed E-state index contributed by atoms with van der Waals surface area (Å²) in [4.78, 5) is 11.5. The Morgan fingerprint density at radius 3 is 2.92 bits per heavy atom. The molecule has 0 saturated carbocycles. The molecule has 122 valence electrons. The molecule has 4 rings (SSSR count). The second kappa shape index (κ2) is 6.53. The molecular weight excluding hydrogens is 298 g/mol. The fourth-order valence-electron chi connectivity index (χ4n) is 3.38. The zero-order valence-electron chi connectivity index (χ0n) is 13.8. The Morgan fingerprint density at radius 2 is 2.08 bits per heavy atom. The van der Waals surface area contributed by atoms with Gasteiger partial charge in [0.2, 0.25) is 0 Å². The van der Waals surface area contributed by atoms with E-state index in [0.717, 1.165) is 43.3 Å². The minimum Gasteiger partial charge on any atom is -0.298 e. The fraction of sp³-hybridized carbons (Fsp3) is 0.316. The highest BCUT2D eigenvalue weighted by molar-refractivity contribution is 5.62. The number of nitrogens with one attached hydrogen (secondary N) is 1. The lowest BCUT2D eigenvalue weighted by atomic mass is 10.1. The molecule has 3 aromatic rings. The molecule has 1 aliphatic heterocycles. The van der Waals surface area contributed by atoms with Gasteiger partial charge in [0.05, 0.1) is 11.9 Å². The molecule has 0 spiro atoms. The first-order valence-electron chi connectivity index (χ1n) is 8.39. The molecule has 5 heteroatoms. The molecule has 1 atom stereocenters.